The lowest BCUT2D eigenvalue weighted by molar-refractivity contribution is 0.660. The molecule has 0 atom stereocenters. The summed E-state index contributed by atoms with van der Waals surface area (Å²) < 4.78 is 6.84. The van der Waals surface area contributed by atoms with Crippen molar-refractivity contribution in [1.29, 1.82) is 0 Å². The van der Waals surface area contributed by atoms with Crippen molar-refractivity contribution in [3.8, 4) is 33.4 Å². The Morgan fingerprint density at radius 1 is 0.418 bits per heavy atom. The van der Waals surface area contributed by atoms with Crippen molar-refractivity contribution < 1.29 is 4.42 Å². The monoisotopic (exact) mass is 703 g/mol. The number of benzene rings is 9. The average molecular weight is 704 g/mol. The van der Waals surface area contributed by atoms with Crippen molar-refractivity contribution in [2.24, 2.45) is 0 Å². The van der Waals surface area contributed by atoms with Gasteiger partial charge < -0.3 is 9.32 Å². The van der Waals surface area contributed by atoms with Gasteiger partial charge in [-0.3, -0.25) is 0 Å². The van der Waals surface area contributed by atoms with Gasteiger partial charge in [-0.2, -0.15) is 0 Å². The lowest BCUT2D eigenvalue weighted by Gasteiger charge is -2.29. The molecule has 0 spiro atoms. The molecule has 1 aromatic heterocycles. The Kier molecular flexibility index (Phi) is 6.93. The van der Waals surface area contributed by atoms with E-state index in [9.17, 15) is 0 Å². The smallest absolute Gasteiger partial charge is 0.143 e. The number of hydrogen-bond donors (Lipinski definition) is 0. The van der Waals surface area contributed by atoms with E-state index in [0.717, 1.165) is 55.3 Å². The SMILES string of the molecule is CC1(C)c2ccccc2-c2ccc(N(c3cccc(-c4ccccc4)c3)c3cc4c(oc5cccc(-c6ccc7ccccc7c6)c54)c4ccccc34)cc21. The fourth-order valence-electron chi connectivity index (χ4n) is 9.13. The van der Waals surface area contributed by atoms with Gasteiger partial charge in [0, 0.05) is 38.3 Å². The van der Waals surface area contributed by atoms with Crippen LogP contribution >= 0.6 is 0 Å². The van der Waals surface area contributed by atoms with E-state index < -0.39 is 0 Å². The molecule has 2 nitrogen and oxygen atoms in total. The molecule has 11 rings (SSSR count). The van der Waals surface area contributed by atoms with Gasteiger partial charge in [-0.25, -0.2) is 0 Å². The van der Waals surface area contributed by atoms with Gasteiger partial charge in [0.1, 0.15) is 11.2 Å². The van der Waals surface area contributed by atoms with Gasteiger partial charge in [0.25, 0.3) is 0 Å². The molecule has 10 aromatic rings. The number of nitrogens with zero attached hydrogens (tertiary/aromatic N) is 1. The summed E-state index contributed by atoms with van der Waals surface area (Å²) in [4.78, 5) is 2.46. The molecule has 55 heavy (non-hydrogen) atoms. The highest BCUT2D eigenvalue weighted by atomic mass is 16.3. The lowest BCUT2D eigenvalue weighted by atomic mass is 9.82. The summed E-state index contributed by atoms with van der Waals surface area (Å²) in [5, 5.41) is 6.91. The van der Waals surface area contributed by atoms with Gasteiger partial charge in [0.15, 0.2) is 0 Å². The largest absolute Gasteiger partial charge is 0.455 e. The molecular weight excluding hydrogens is 667 g/mol. The van der Waals surface area contributed by atoms with E-state index in [1.54, 1.807) is 0 Å². The molecule has 1 aliphatic carbocycles. The van der Waals surface area contributed by atoms with Crippen molar-refractivity contribution in [3.05, 3.63) is 199 Å². The fourth-order valence-corrected chi connectivity index (χ4v) is 9.13. The van der Waals surface area contributed by atoms with Gasteiger partial charge in [-0.05, 0) is 97.7 Å². The number of fused-ring (bicyclic) bond motifs is 9. The summed E-state index contributed by atoms with van der Waals surface area (Å²) >= 11 is 0. The zero-order chi connectivity index (χ0) is 36.7. The zero-order valence-electron chi connectivity index (χ0n) is 30.8. The lowest BCUT2D eigenvalue weighted by Crippen LogP contribution is -2.16. The van der Waals surface area contributed by atoms with Crippen molar-refractivity contribution in [3.63, 3.8) is 0 Å². The first-order valence-corrected chi connectivity index (χ1v) is 19.1. The third-order valence-corrected chi connectivity index (χ3v) is 11.8. The van der Waals surface area contributed by atoms with E-state index in [1.807, 2.05) is 0 Å². The van der Waals surface area contributed by atoms with Gasteiger partial charge in [0.2, 0.25) is 0 Å². The Labute approximate surface area is 320 Å². The van der Waals surface area contributed by atoms with Gasteiger partial charge in [-0.1, -0.05) is 159 Å². The third-order valence-electron chi connectivity index (χ3n) is 11.8. The standard InChI is InChI=1S/C53H37NO/c1-53(2)47-24-11-10-20-42(47)43-29-28-40(32-48(43)53)54(39-19-12-18-37(31-39)34-14-4-3-5-15-34)49-33-46-51-41(38-27-26-35-16-6-7-17-36(35)30-38)23-13-25-50(51)55-52(46)45-22-9-8-21-44(45)49/h3-33H,1-2H3. The van der Waals surface area contributed by atoms with Crippen LogP contribution in [-0.4, -0.2) is 0 Å². The quantitative estimate of drug-likeness (QED) is 0.177. The van der Waals surface area contributed by atoms with Crippen LogP contribution in [-0.2, 0) is 5.41 Å². The van der Waals surface area contributed by atoms with Crippen molar-refractivity contribution in [2.75, 3.05) is 4.90 Å². The second-order valence-corrected chi connectivity index (χ2v) is 15.3. The summed E-state index contributed by atoms with van der Waals surface area (Å²) in [6.45, 7) is 4.71. The summed E-state index contributed by atoms with van der Waals surface area (Å²) in [5.74, 6) is 0. The number of anilines is 3. The molecule has 0 saturated heterocycles. The molecule has 0 saturated carbocycles. The molecule has 2 heteroatoms. The summed E-state index contributed by atoms with van der Waals surface area (Å²) in [5.41, 5.74) is 15.0. The Morgan fingerprint density at radius 2 is 1.11 bits per heavy atom. The molecule has 0 radical (unpaired) electrons. The minimum absolute atomic E-state index is 0.138. The first kappa shape index (κ1) is 31.6. The Bertz CT molecular complexity index is 3130. The van der Waals surface area contributed by atoms with Gasteiger partial charge in [0.05, 0.1) is 5.69 Å². The molecule has 0 fully saturated rings. The van der Waals surface area contributed by atoms with E-state index >= 15 is 0 Å². The molecule has 9 aromatic carbocycles. The van der Waals surface area contributed by atoms with Crippen LogP contribution < -0.4 is 4.90 Å². The molecular formula is C53H37NO. The van der Waals surface area contributed by atoms with E-state index in [-0.39, 0.29) is 5.41 Å². The maximum Gasteiger partial charge on any atom is 0.143 e. The molecule has 0 unspecified atom stereocenters. The van der Waals surface area contributed by atoms with E-state index in [0.29, 0.717) is 0 Å². The maximum atomic E-state index is 6.84. The minimum Gasteiger partial charge on any atom is -0.455 e. The third kappa shape index (κ3) is 4.88. The molecule has 1 heterocycles. The second kappa shape index (κ2) is 12.1. The Balaban J connectivity index is 1.20. The molecule has 1 aliphatic rings. The second-order valence-electron chi connectivity index (χ2n) is 15.3. The highest BCUT2D eigenvalue weighted by Crippen LogP contribution is 2.52. The van der Waals surface area contributed by atoms with Crippen LogP contribution in [0.3, 0.4) is 0 Å². The first-order chi connectivity index (χ1) is 27.0. The van der Waals surface area contributed by atoms with E-state index in [1.165, 1.54) is 49.7 Å². The van der Waals surface area contributed by atoms with Crippen LogP contribution in [0.4, 0.5) is 17.1 Å². The normalized spacial score (nSPS) is 13.1. The summed E-state index contributed by atoms with van der Waals surface area (Å²) in [6.07, 6.45) is 0. The van der Waals surface area contributed by atoms with Crippen LogP contribution in [0.1, 0.15) is 25.0 Å². The van der Waals surface area contributed by atoms with E-state index in [2.05, 4.69) is 207 Å². The van der Waals surface area contributed by atoms with Crippen LogP contribution in [0, 0.1) is 0 Å². The van der Waals surface area contributed by atoms with Crippen molar-refractivity contribution in [1.82, 2.24) is 0 Å². The number of rotatable bonds is 5. The van der Waals surface area contributed by atoms with Crippen molar-refractivity contribution in [2.45, 2.75) is 19.3 Å². The molecule has 0 aliphatic heterocycles. The number of hydrogen-bond acceptors (Lipinski definition) is 2. The molecule has 260 valence electrons. The van der Waals surface area contributed by atoms with Crippen LogP contribution in [0.15, 0.2) is 192 Å². The fraction of sp³-hybridized carbons (Fsp3) is 0.0566. The topological polar surface area (TPSA) is 16.4 Å². The predicted octanol–water partition coefficient (Wildman–Crippen LogP) is 15.0. The average Bonchev–Trinajstić information content (AvgIpc) is 3.73. The summed E-state index contributed by atoms with van der Waals surface area (Å²) in [6, 6.07) is 68.4. The van der Waals surface area contributed by atoms with Crippen LogP contribution in [0.2, 0.25) is 0 Å². The highest BCUT2D eigenvalue weighted by Gasteiger charge is 2.36. The van der Waals surface area contributed by atoms with Crippen LogP contribution in [0.25, 0.3) is 76.9 Å². The molecule has 0 N–H and O–H groups in total. The first-order valence-electron chi connectivity index (χ1n) is 19.1. The van der Waals surface area contributed by atoms with Crippen molar-refractivity contribution >= 4 is 60.5 Å². The zero-order valence-corrected chi connectivity index (χ0v) is 30.8. The molecule has 0 bridgehead atoms. The predicted molar refractivity (Wildman–Crippen MR) is 232 cm³/mol. The minimum atomic E-state index is -0.138. The Morgan fingerprint density at radius 3 is 2.00 bits per heavy atom. The molecule has 0 amide bonds. The summed E-state index contributed by atoms with van der Waals surface area (Å²) in [7, 11) is 0. The maximum absolute atomic E-state index is 6.84. The van der Waals surface area contributed by atoms with E-state index in [4.69, 9.17) is 4.42 Å². The van der Waals surface area contributed by atoms with Gasteiger partial charge in [-0.15, -0.1) is 0 Å². The number of furan rings is 1. The van der Waals surface area contributed by atoms with Crippen LogP contribution in [0.5, 0.6) is 0 Å². The highest BCUT2D eigenvalue weighted by molar-refractivity contribution is 6.22. The van der Waals surface area contributed by atoms with Gasteiger partial charge >= 0.3 is 0 Å². The Hall–Kier alpha value is -6.90.